The van der Waals surface area contributed by atoms with Crippen LogP contribution in [-0.2, 0) is 10.0 Å². The van der Waals surface area contributed by atoms with Crippen LogP contribution in [0.15, 0.2) is 35.2 Å². The van der Waals surface area contributed by atoms with Crippen LogP contribution >= 0.6 is 23.2 Å². The highest BCUT2D eigenvalue weighted by Crippen LogP contribution is 2.31. The normalized spacial score (nSPS) is 11.3. The maximum absolute atomic E-state index is 12.6. The number of primary sulfonamides is 1. The molecule has 23 heavy (non-hydrogen) atoms. The van der Waals surface area contributed by atoms with Gasteiger partial charge in [0.25, 0.3) is 0 Å². The molecule has 5 nitrogen and oxygen atoms in total. The molecule has 122 valence electrons. The summed E-state index contributed by atoms with van der Waals surface area (Å²) in [6.07, 6.45) is 0. The van der Waals surface area contributed by atoms with Crippen molar-refractivity contribution < 1.29 is 17.9 Å². The predicted molar refractivity (Wildman–Crippen MR) is 89.0 cm³/mol. The van der Waals surface area contributed by atoms with Gasteiger partial charge in [-0.2, -0.15) is 0 Å². The molecule has 0 saturated carbocycles. The number of methoxy groups -OCH3 is 1. The molecule has 0 bridgehead atoms. The highest BCUT2D eigenvalue weighted by molar-refractivity contribution is 7.89. The first-order chi connectivity index (χ1) is 10.7. The molecule has 0 fully saturated rings. The Hall–Kier alpha value is -1.60. The minimum atomic E-state index is -4.04. The van der Waals surface area contributed by atoms with Crippen molar-refractivity contribution in [3.05, 3.63) is 57.1 Å². The predicted octanol–water partition coefficient (Wildman–Crippen LogP) is 3.19. The van der Waals surface area contributed by atoms with Gasteiger partial charge in [0.15, 0.2) is 5.78 Å². The number of carbonyl (C=O) groups excluding carboxylic acids is 1. The number of carbonyl (C=O) groups is 1. The fourth-order valence-corrected chi connectivity index (χ4v) is 3.40. The second kappa shape index (κ2) is 6.49. The van der Waals surface area contributed by atoms with Crippen molar-refractivity contribution in [1.82, 2.24) is 0 Å². The number of halogens is 2. The fourth-order valence-electron chi connectivity index (χ4n) is 2.08. The molecule has 0 amide bonds. The fraction of sp³-hybridized carbons (Fsp3) is 0.133. The van der Waals surface area contributed by atoms with Crippen LogP contribution in [0.25, 0.3) is 0 Å². The average molecular weight is 374 g/mol. The monoisotopic (exact) mass is 373 g/mol. The lowest BCUT2D eigenvalue weighted by Crippen LogP contribution is -2.14. The molecule has 2 aromatic rings. The lowest BCUT2D eigenvalue weighted by atomic mass is 10.0. The van der Waals surface area contributed by atoms with Gasteiger partial charge in [0.2, 0.25) is 10.0 Å². The van der Waals surface area contributed by atoms with Crippen LogP contribution in [-0.4, -0.2) is 21.3 Å². The van der Waals surface area contributed by atoms with Gasteiger partial charge in [-0.1, -0.05) is 23.2 Å². The van der Waals surface area contributed by atoms with E-state index in [2.05, 4.69) is 0 Å². The highest BCUT2D eigenvalue weighted by Gasteiger charge is 2.20. The Morgan fingerprint density at radius 1 is 1.17 bits per heavy atom. The van der Waals surface area contributed by atoms with Gasteiger partial charge >= 0.3 is 0 Å². The van der Waals surface area contributed by atoms with Gasteiger partial charge in [-0.05, 0) is 37.3 Å². The molecular formula is C15H13Cl2NO4S. The molecule has 2 N–H and O–H groups in total. The van der Waals surface area contributed by atoms with Crippen molar-refractivity contribution in [1.29, 1.82) is 0 Å². The number of benzene rings is 2. The largest absolute Gasteiger partial charge is 0.496 e. The van der Waals surface area contributed by atoms with Gasteiger partial charge in [0.1, 0.15) is 10.6 Å². The zero-order valence-corrected chi connectivity index (χ0v) is 14.6. The molecule has 0 aliphatic carbocycles. The maximum Gasteiger partial charge on any atom is 0.239 e. The summed E-state index contributed by atoms with van der Waals surface area (Å²) in [6, 6.07) is 6.98. The van der Waals surface area contributed by atoms with Crippen LogP contribution in [0.4, 0.5) is 0 Å². The molecule has 0 heterocycles. The SMILES string of the molecule is COc1ccc(C(=O)c2ccc(Cl)c(S(N)(=O)=O)c2)c(Cl)c1C. The highest BCUT2D eigenvalue weighted by atomic mass is 35.5. The molecule has 0 aliphatic rings. The zero-order valence-electron chi connectivity index (χ0n) is 12.3. The van der Waals surface area contributed by atoms with Crippen LogP contribution in [0.3, 0.4) is 0 Å². The van der Waals surface area contributed by atoms with Crippen molar-refractivity contribution in [3.63, 3.8) is 0 Å². The molecule has 0 aromatic heterocycles. The van der Waals surface area contributed by atoms with E-state index in [1.807, 2.05) is 0 Å². The van der Waals surface area contributed by atoms with Crippen LogP contribution in [0.2, 0.25) is 10.0 Å². The third kappa shape index (κ3) is 3.50. The molecule has 0 saturated heterocycles. The Balaban J connectivity index is 2.57. The van der Waals surface area contributed by atoms with Crippen molar-refractivity contribution in [3.8, 4) is 5.75 Å². The maximum atomic E-state index is 12.6. The summed E-state index contributed by atoms with van der Waals surface area (Å²) in [5.41, 5.74) is 0.957. The van der Waals surface area contributed by atoms with E-state index in [4.69, 9.17) is 33.1 Å². The Kier molecular flexibility index (Phi) is 5.01. The van der Waals surface area contributed by atoms with Crippen LogP contribution in [0.5, 0.6) is 5.75 Å². The molecule has 0 spiro atoms. The summed E-state index contributed by atoms with van der Waals surface area (Å²) in [5.74, 6) is 0.107. The van der Waals surface area contributed by atoms with Crippen LogP contribution < -0.4 is 9.88 Å². The molecular weight excluding hydrogens is 361 g/mol. The van der Waals surface area contributed by atoms with Crippen molar-refractivity contribution in [2.45, 2.75) is 11.8 Å². The number of hydrogen-bond donors (Lipinski definition) is 1. The molecule has 0 atom stereocenters. The van der Waals surface area contributed by atoms with Gasteiger partial charge in [0, 0.05) is 16.7 Å². The number of ketones is 1. The van der Waals surface area contributed by atoms with E-state index >= 15 is 0 Å². The van der Waals surface area contributed by atoms with Crippen molar-refractivity contribution >= 4 is 39.0 Å². The number of hydrogen-bond acceptors (Lipinski definition) is 4. The van der Waals surface area contributed by atoms with Crippen molar-refractivity contribution in [2.75, 3.05) is 7.11 Å². The standard InChI is InChI=1S/C15H13Cl2NO4S/c1-8-12(22-2)6-4-10(14(8)17)15(19)9-3-5-11(16)13(7-9)23(18,20)21/h3-7H,1-2H3,(H2,18,20,21). The van der Waals surface area contributed by atoms with E-state index in [1.165, 1.54) is 25.3 Å². The van der Waals surface area contributed by atoms with Gasteiger partial charge in [-0.3, -0.25) is 4.79 Å². The minimum absolute atomic E-state index is 0.0546. The summed E-state index contributed by atoms with van der Waals surface area (Å²) < 4.78 is 28.2. The van der Waals surface area contributed by atoms with Crippen LogP contribution in [0.1, 0.15) is 21.5 Å². The molecule has 0 unspecified atom stereocenters. The van der Waals surface area contributed by atoms with E-state index in [9.17, 15) is 13.2 Å². The second-order valence-corrected chi connectivity index (χ2v) is 7.09. The summed E-state index contributed by atoms with van der Waals surface area (Å²) in [6.45, 7) is 1.72. The Morgan fingerprint density at radius 2 is 1.83 bits per heavy atom. The van der Waals surface area contributed by atoms with Crippen LogP contribution in [0, 0.1) is 6.92 Å². The summed E-state index contributed by atoms with van der Waals surface area (Å²) in [7, 11) is -2.54. The van der Waals surface area contributed by atoms with E-state index < -0.39 is 15.8 Å². The first-order valence-electron chi connectivity index (χ1n) is 6.37. The summed E-state index contributed by atoms with van der Waals surface area (Å²) in [5, 5.41) is 5.27. The number of rotatable bonds is 4. The third-order valence-corrected chi connectivity index (χ3v) is 5.18. The van der Waals surface area contributed by atoms with E-state index in [-0.39, 0.29) is 26.1 Å². The van der Waals surface area contributed by atoms with E-state index in [0.29, 0.717) is 11.3 Å². The topological polar surface area (TPSA) is 86.5 Å². The molecule has 8 heteroatoms. The van der Waals surface area contributed by atoms with Gasteiger partial charge < -0.3 is 4.74 Å². The third-order valence-electron chi connectivity index (χ3n) is 3.30. The second-order valence-electron chi connectivity index (χ2n) is 4.77. The summed E-state index contributed by atoms with van der Waals surface area (Å²) in [4.78, 5) is 12.3. The Morgan fingerprint density at radius 3 is 2.39 bits per heavy atom. The van der Waals surface area contributed by atoms with E-state index in [0.717, 1.165) is 6.07 Å². The van der Waals surface area contributed by atoms with Gasteiger partial charge in [-0.25, -0.2) is 13.6 Å². The van der Waals surface area contributed by atoms with Gasteiger partial charge in [-0.15, -0.1) is 0 Å². The number of sulfonamides is 1. The molecule has 0 radical (unpaired) electrons. The van der Waals surface area contributed by atoms with Crippen molar-refractivity contribution in [2.24, 2.45) is 5.14 Å². The zero-order chi connectivity index (χ0) is 17.4. The lowest BCUT2D eigenvalue weighted by Gasteiger charge is -2.11. The quantitative estimate of drug-likeness (QED) is 0.833. The Labute approximate surface area is 144 Å². The first kappa shape index (κ1) is 17.7. The number of ether oxygens (including phenoxy) is 1. The molecule has 2 aromatic carbocycles. The van der Waals surface area contributed by atoms with E-state index in [1.54, 1.807) is 13.0 Å². The first-order valence-corrected chi connectivity index (χ1v) is 8.67. The smallest absolute Gasteiger partial charge is 0.239 e. The summed E-state index contributed by atoms with van der Waals surface area (Å²) >= 11 is 12.0. The molecule has 0 aliphatic heterocycles. The van der Waals surface area contributed by atoms with Gasteiger partial charge in [0.05, 0.1) is 17.2 Å². The lowest BCUT2D eigenvalue weighted by molar-refractivity contribution is 0.103. The molecule has 2 rings (SSSR count). The average Bonchev–Trinajstić information content (AvgIpc) is 2.48. The number of nitrogens with two attached hydrogens (primary N) is 1. The minimum Gasteiger partial charge on any atom is -0.496 e. The Bertz CT molecular complexity index is 895.